The van der Waals surface area contributed by atoms with E-state index in [2.05, 4.69) is 40.9 Å². The van der Waals surface area contributed by atoms with E-state index in [1.807, 2.05) is 59.8 Å². The standard InChI is InChI=1S/C44H53N9O5S/c1-27-30-8-7-14-52(38(30)51-50-37(27)49-40-47-33-9-5-6-10-34(33)59-40)35-12-11-31(36(48-35)39(56)57)32-17-46-53(28(32)2)26-43-21-41(3)20-42(4,22-43)24-44(23-41,25-43)58-15-13-45-16-29(18-54)19-55/h5-6,9-12,29,45,54-55H,7-8,13-16,18-26H2,1-4H3,(H-,47,49,50,56,57)/p+1. The zero-order valence-electron chi connectivity index (χ0n) is 34.3. The van der Waals surface area contributed by atoms with E-state index in [0.29, 0.717) is 61.4 Å². The zero-order chi connectivity index (χ0) is 41.2. The van der Waals surface area contributed by atoms with Gasteiger partial charge in [0, 0.05) is 55.5 Å². The summed E-state index contributed by atoms with van der Waals surface area (Å²) in [7, 11) is 0. The van der Waals surface area contributed by atoms with Gasteiger partial charge in [-0.15, -0.1) is 10.2 Å². The summed E-state index contributed by atoms with van der Waals surface area (Å²) in [5.74, 6) is 0.562. The van der Waals surface area contributed by atoms with Crippen molar-refractivity contribution in [1.82, 2.24) is 30.2 Å². The summed E-state index contributed by atoms with van der Waals surface area (Å²) in [6.07, 6.45) is 11.3. The van der Waals surface area contributed by atoms with E-state index >= 15 is 0 Å². The van der Waals surface area contributed by atoms with E-state index in [1.54, 1.807) is 11.3 Å². The van der Waals surface area contributed by atoms with Crippen molar-refractivity contribution in [3.63, 3.8) is 0 Å². The number of carboxylic acids is 1. The van der Waals surface area contributed by atoms with Crippen molar-refractivity contribution in [3.8, 4) is 11.1 Å². The molecule has 0 radical (unpaired) electrons. The lowest BCUT2D eigenvalue weighted by Crippen LogP contribution is -2.64. The van der Waals surface area contributed by atoms with Gasteiger partial charge in [0.2, 0.25) is 0 Å². The predicted molar refractivity (Wildman–Crippen MR) is 224 cm³/mol. The van der Waals surface area contributed by atoms with Crippen LogP contribution in [0, 0.1) is 42.2 Å². The third kappa shape index (κ3) is 7.43. The highest BCUT2D eigenvalue weighted by Crippen LogP contribution is 2.72. The lowest BCUT2D eigenvalue weighted by Gasteiger charge is -2.68. The maximum atomic E-state index is 12.9. The van der Waals surface area contributed by atoms with Crippen LogP contribution in [-0.4, -0.2) is 91.2 Å². The van der Waals surface area contributed by atoms with E-state index in [-0.39, 0.29) is 46.7 Å². The monoisotopic (exact) mass is 820 g/mol. The number of aromatic nitrogens is 6. The van der Waals surface area contributed by atoms with Crippen LogP contribution in [-0.2, 0) is 17.7 Å². The van der Waals surface area contributed by atoms with Gasteiger partial charge in [-0.1, -0.05) is 37.3 Å². The molecule has 1 aromatic carbocycles. The third-order valence-corrected chi connectivity index (χ3v) is 14.3. The number of rotatable bonds is 15. The van der Waals surface area contributed by atoms with Crippen LogP contribution in [0.25, 0.3) is 21.3 Å². The maximum Gasteiger partial charge on any atom is 0.360 e. The molecule has 0 spiro atoms. The van der Waals surface area contributed by atoms with Crippen molar-refractivity contribution < 1.29 is 29.9 Å². The molecule has 2 atom stereocenters. The van der Waals surface area contributed by atoms with Crippen molar-refractivity contribution in [2.24, 2.45) is 22.2 Å². The number of ether oxygens (including phenoxy) is 1. The SMILES string of the molecule is Cc1c(Nc2nc3ccccc3s2)nnc2c1CCCN2c1ccc(-c2c#[n+]n(CC34CC5(C)CC(C)(C3)CC(OCCNCC(CO)CO)(C5)C4)c2C)c(C(=O)O)n1. The minimum Gasteiger partial charge on any atom is -0.476 e. The molecule has 4 saturated carbocycles. The van der Waals surface area contributed by atoms with E-state index in [4.69, 9.17) is 19.8 Å². The van der Waals surface area contributed by atoms with Crippen LogP contribution in [0.4, 0.5) is 22.6 Å². The van der Waals surface area contributed by atoms with Gasteiger partial charge in [0.25, 0.3) is 0 Å². The first-order chi connectivity index (χ1) is 28.3. The molecule has 310 valence electrons. The molecule has 0 saturated heterocycles. The number of fused-ring (bicyclic) bond motifs is 2. The van der Waals surface area contributed by atoms with Gasteiger partial charge >= 0.3 is 12.2 Å². The van der Waals surface area contributed by atoms with Crippen LogP contribution in [0.3, 0.4) is 0 Å². The summed E-state index contributed by atoms with van der Waals surface area (Å²) in [6.45, 7) is 11.9. The molecular formula is C44H54N9O5S+. The van der Waals surface area contributed by atoms with Crippen LogP contribution >= 0.6 is 11.3 Å². The molecule has 4 bridgehead atoms. The number of aliphatic hydroxyl groups is 2. The number of anilines is 4. The van der Waals surface area contributed by atoms with Gasteiger partial charge in [-0.25, -0.2) is 14.8 Å². The molecule has 5 aliphatic rings. The molecule has 5 N–H and O–H groups in total. The molecule has 2 unspecified atom stereocenters. The summed E-state index contributed by atoms with van der Waals surface area (Å²) < 4.78 is 9.97. The zero-order valence-corrected chi connectivity index (χ0v) is 35.2. The lowest BCUT2D eigenvalue weighted by atomic mass is 9.39. The van der Waals surface area contributed by atoms with Crippen LogP contribution in [0.5, 0.6) is 0 Å². The van der Waals surface area contributed by atoms with Crippen LogP contribution < -0.4 is 20.6 Å². The van der Waals surface area contributed by atoms with E-state index in [0.717, 1.165) is 77.1 Å². The number of aromatic carboxylic acids is 1. The Hall–Kier alpha value is -4.72. The van der Waals surface area contributed by atoms with Crippen molar-refractivity contribution in [2.45, 2.75) is 91.2 Å². The van der Waals surface area contributed by atoms with Gasteiger partial charge in [0.05, 0.1) is 27.5 Å². The molecule has 4 aromatic heterocycles. The number of nitrogens with zero attached hydrogens (tertiary/aromatic N) is 7. The highest BCUT2D eigenvalue weighted by molar-refractivity contribution is 7.22. The van der Waals surface area contributed by atoms with Gasteiger partial charge in [0.15, 0.2) is 22.5 Å². The molecule has 1 aliphatic heterocycles. The Morgan fingerprint density at radius 1 is 1.02 bits per heavy atom. The van der Waals surface area contributed by atoms with Crippen LogP contribution in [0.2, 0.25) is 0 Å². The lowest BCUT2D eigenvalue weighted by molar-refractivity contribution is -0.427. The van der Waals surface area contributed by atoms with Crippen molar-refractivity contribution in [1.29, 1.82) is 0 Å². The molecule has 4 aliphatic carbocycles. The number of para-hydroxylation sites is 1. The average molecular weight is 821 g/mol. The Kier molecular flexibility index (Phi) is 10.2. The Morgan fingerprint density at radius 3 is 2.54 bits per heavy atom. The Morgan fingerprint density at radius 2 is 1.80 bits per heavy atom. The smallest absolute Gasteiger partial charge is 0.360 e. The number of pyridine rings is 1. The van der Waals surface area contributed by atoms with E-state index in [9.17, 15) is 20.1 Å². The second-order valence-electron chi connectivity index (χ2n) is 18.6. The molecule has 5 aromatic rings. The predicted octanol–water partition coefficient (Wildman–Crippen LogP) is 5.82. The summed E-state index contributed by atoms with van der Waals surface area (Å²) in [5, 5.41) is 50.9. The fourth-order valence-electron chi connectivity index (χ4n) is 12.0. The van der Waals surface area contributed by atoms with Gasteiger partial charge in [-0.2, -0.15) is 0 Å². The first-order valence-corrected chi connectivity index (χ1v) is 21.7. The normalized spacial score (nSPS) is 25.8. The first kappa shape index (κ1) is 39.7. The average Bonchev–Trinajstić information content (AvgIpc) is 3.77. The number of carboxylic acid groups (broad SMARTS) is 1. The molecule has 0 amide bonds. The van der Waals surface area contributed by atoms with Gasteiger partial charge < -0.3 is 35.6 Å². The fourth-order valence-corrected chi connectivity index (χ4v) is 12.9. The highest BCUT2D eigenvalue weighted by Gasteiger charge is 2.66. The molecule has 5 heterocycles. The number of carbonyl (C=O) groups is 1. The van der Waals surface area contributed by atoms with Crippen LogP contribution in [0.15, 0.2) is 36.4 Å². The third-order valence-electron chi connectivity index (χ3n) is 13.3. The van der Waals surface area contributed by atoms with Crippen molar-refractivity contribution >= 4 is 50.1 Å². The second-order valence-corrected chi connectivity index (χ2v) is 19.6. The van der Waals surface area contributed by atoms with Gasteiger partial charge in [-0.05, 0) is 110 Å². The Bertz CT molecular complexity index is 2340. The topological polar surface area (TPSA) is 185 Å². The second kappa shape index (κ2) is 15.1. The molecule has 14 nitrogen and oxygen atoms in total. The first-order valence-electron chi connectivity index (χ1n) is 20.8. The summed E-state index contributed by atoms with van der Waals surface area (Å²) >= 11 is 1.57. The molecule has 4 fully saturated rings. The number of thiazole rings is 1. The summed E-state index contributed by atoms with van der Waals surface area (Å²) in [4.78, 5) is 24.4. The van der Waals surface area contributed by atoms with Crippen LogP contribution in [0.1, 0.15) is 86.1 Å². The quantitative estimate of drug-likeness (QED) is 0.0798. The highest BCUT2D eigenvalue weighted by atomic mass is 32.1. The van der Waals surface area contributed by atoms with E-state index < -0.39 is 5.97 Å². The largest absolute Gasteiger partial charge is 0.476 e. The minimum atomic E-state index is -1.11. The number of benzene rings is 1. The van der Waals surface area contributed by atoms with Crippen molar-refractivity contribution in [3.05, 3.63) is 65.1 Å². The van der Waals surface area contributed by atoms with Gasteiger partial charge in [0.1, 0.15) is 23.6 Å². The number of nitrogens with one attached hydrogen (secondary N) is 2. The maximum absolute atomic E-state index is 12.9. The summed E-state index contributed by atoms with van der Waals surface area (Å²) in [6, 6.07) is 11.7. The number of hydrogen-bond donors (Lipinski definition) is 5. The fraction of sp³-hybridized carbons (Fsp3) is 0.545. The molecule has 59 heavy (non-hydrogen) atoms. The molecule has 15 heteroatoms. The number of hydrogen-bond acceptors (Lipinski definition) is 12. The molecular weight excluding hydrogens is 767 g/mol. The van der Waals surface area contributed by atoms with Crippen molar-refractivity contribution in [2.75, 3.05) is 49.7 Å². The Labute approximate surface area is 348 Å². The number of aliphatic hydroxyl groups excluding tert-OH is 2. The summed E-state index contributed by atoms with van der Waals surface area (Å²) in [5.41, 5.74) is 4.98. The minimum absolute atomic E-state index is 0.0191. The van der Waals surface area contributed by atoms with E-state index in [1.165, 1.54) is 6.42 Å². The Balaban J connectivity index is 0.945. The molecule has 10 rings (SSSR count). The van der Waals surface area contributed by atoms with Gasteiger partial charge in [-0.3, -0.25) is 0 Å².